The number of carbonyl (C=O) groups is 1. The molecule has 0 saturated carbocycles. The molecule has 0 saturated heterocycles. The average Bonchev–Trinajstić information content (AvgIpc) is 3.29. The summed E-state index contributed by atoms with van der Waals surface area (Å²) in [6.45, 7) is 1.43. The van der Waals surface area contributed by atoms with Crippen molar-refractivity contribution >= 4 is 23.1 Å². The summed E-state index contributed by atoms with van der Waals surface area (Å²) in [5.74, 6) is 1.08. The Morgan fingerprint density at radius 3 is 2.92 bits per heavy atom. The molecule has 0 spiro atoms. The fourth-order valence-corrected chi connectivity index (χ4v) is 3.11. The van der Waals surface area contributed by atoms with Gasteiger partial charge in [0.05, 0.1) is 12.2 Å². The molecule has 0 unspecified atom stereocenters. The van der Waals surface area contributed by atoms with Crippen molar-refractivity contribution in [2.75, 3.05) is 18.9 Å². The van der Waals surface area contributed by atoms with Crippen LogP contribution in [0.25, 0.3) is 5.69 Å². The Labute approximate surface area is 147 Å². The topological polar surface area (TPSA) is 104 Å². The Balaban J connectivity index is 1.55. The Morgan fingerprint density at radius 2 is 2.12 bits per heavy atom. The van der Waals surface area contributed by atoms with Crippen molar-refractivity contribution < 1.29 is 14.3 Å². The summed E-state index contributed by atoms with van der Waals surface area (Å²) >= 11 is 1.57. The first kappa shape index (κ1) is 15.5. The molecule has 2 aromatic heterocycles. The van der Waals surface area contributed by atoms with Crippen LogP contribution in [0.5, 0.6) is 11.5 Å². The lowest BCUT2D eigenvalue weighted by Gasteiger charge is -2.18. The lowest BCUT2D eigenvalue weighted by atomic mass is 10.2. The third-order valence-electron chi connectivity index (χ3n) is 3.69. The van der Waals surface area contributed by atoms with Crippen LogP contribution < -0.4 is 20.5 Å². The third-order valence-corrected chi connectivity index (χ3v) is 4.57. The fourth-order valence-electron chi connectivity index (χ4n) is 2.47. The van der Waals surface area contributed by atoms with E-state index in [0.717, 1.165) is 4.88 Å². The molecule has 1 aliphatic rings. The van der Waals surface area contributed by atoms with E-state index >= 15 is 0 Å². The van der Waals surface area contributed by atoms with Crippen molar-refractivity contribution in [3.63, 3.8) is 0 Å². The van der Waals surface area contributed by atoms with Crippen LogP contribution in [0.1, 0.15) is 15.4 Å². The fraction of sp³-hybridized carbons (Fsp3) is 0.188. The Hall–Kier alpha value is -3.07. The Bertz CT molecular complexity index is 907. The van der Waals surface area contributed by atoms with Crippen LogP contribution in [-0.2, 0) is 6.54 Å². The third kappa shape index (κ3) is 3.01. The van der Waals surface area contributed by atoms with Crippen LogP contribution >= 0.6 is 11.3 Å². The van der Waals surface area contributed by atoms with Gasteiger partial charge < -0.3 is 20.5 Å². The number of amides is 1. The summed E-state index contributed by atoms with van der Waals surface area (Å²) in [6, 6.07) is 9.19. The summed E-state index contributed by atoms with van der Waals surface area (Å²) in [4.78, 5) is 13.3. The minimum Gasteiger partial charge on any atom is -0.486 e. The molecule has 0 atom stereocenters. The van der Waals surface area contributed by atoms with Crippen LogP contribution in [0.15, 0.2) is 35.7 Å². The molecule has 8 nitrogen and oxygen atoms in total. The van der Waals surface area contributed by atoms with Gasteiger partial charge in [0.2, 0.25) is 0 Å². The van der Waals surface area contributed by atoms with Gasteiger partial charge in [0.1, 0.15) is 13.2 Å². The molecule has 0 aliphatic carbocycles. The highest BCUT2D eigenvalue weighted by molar-refractivity contribution is 7.09. The monoisotopic (exact) mass is 357 g/mol. The summed E-state index contributed by atoms with van der Waals surface area (Å²) in [7, 11) is 0. The number of benzene rings is 1. The van der Waals surface area contributed by atoms with Crippen LogP contribution in [-0.4, -0.2) is 34.1 Å². The first-order valence-corrected chi connectivity index (χ1v) is 8.52. The predicted molar refractivity (Wildman–Crippen MR) is 92.3 cm³/mol. The summed E-state index contributed by atoms with van der Waals surface area (Å²) < 4.78 is 12.4. The zero-order chi connectivity index (χ0) is 17.2. The molecule has 1 aromatic carbocycles. The highest BCUT2D eigenvalue weighted by Crippen LogP contribution is 2.32. The largest absolute Gasteiger partial charge is 0.486 e. The Morgan fingerprint density at radius 1 is 1.28 bits per heavy atom. The molecule has 1 aliphatic heterocycles. The number of nitrogen functional groups attached to an aromatic ring is 1. The number of thiophene rings is 1. The molecule has 3 N–H and O–H groups in total. The molecule has 4 rings (SSSR count). The number of carbonyl (C=O) groups excluding carboxylic acids is 1. The van der Waals surface area contributed by atoms with E-state index in [1.807, 2.05) is 17.5 Å². The number of hydrogen-bond acceptors (Lipinski definition) is 7. The number of nitrogens with zero attached hydrogens (tertiary/aromatic N) is 3. The van der Waals surface area contributed by atoms with E-state index < -0.39 is 0 Å². The lowest BCUT2D eigenvalue weighted by molar-refractivity contribution is 0.0947. The van der Waals surface area contributed by atoms with Crippen molar-refractivity contribution in [1.29, 1.82) is 0 Å². The van der Waals surface area contributed by atoms with Gasteiger partial charge in [0, 0.05) is 10.9 Å². The van der Waals surface area contributed by atoms with Crippen LogP contribution in [0.2, 0.25) is 0 Å². The molecule has 3 aromatic rings. The maximum Gasteiger partial charge on any atom is 0.276 e. The van der Waals surface area contributed by atoms with Gasteiger partial charge in [0.25, 0.3) is 5.91 Å². The van der Waals surface area contributed by atoms with Gasteiger partial charge >= 0.3 is 0 Å². The van der Waals surface area contributed by atoms with Gasteiger partial charge in [-0.1, -0.05) is 11.3 Å². The van der Waals surface area contributed by atoms with Crippen molar-refractivity contribution in [2.24, 2.45) is 0 Å². The van der Waals surface area contributed by atoms with E-state index in [1.54, 1.807) is 29.5 Å². The molecule has 25 heavy (non-hydrogen) atoms. The molecular weight excluding hydrogens is 342 g/mol. The van der Waals surface area contributed by atoms with Crippen LogP contribution in [0.4, 0.5) is 5.82 Å². The first-order valence-electron chi connectivity index (χ1n) is 7.64. The maximum absolute atomic E-state index is 12.3. The van der Waals surface area contributed by atoms with Crippen molar-refractivity contribution in [1.82, 2.24) is 20.3 Å². The van der Waals surface area contributed by atoms with Crippen LogP contribution in [0, 0.1) is 0 Å². The predicted octanol–water partition coefficient (Wildman–Crippen LogP) is 1.61. The average molecular weight is 357 g/mol. The van der Waals surface area contributed by atoms with E-state index in [4.69, 9.17) is 15.2 Å². The highest BCUT2D eigenvalue weighted by atomic mass is 32.1. The number of aromatic nitrogens is 3. The molecule has 0 bridgehead atoms. The summed E-state index contributed by atoms with van der Waals surface area (Å²) in [5, 5.41) is 12.6. The van der Waals surface area contributed by atoms with Crippen molar-refractivity contribution in [3.05, 3.63) is 46.3 Å². The number of anilines is 1. The van der Waals surface area contributed by atoms with Gasteiger partial charge in [-0.25, -0.2) is 0 Å². The van der Waals surface area contributed by atoms with Gasteiger partial charge in [-0.3, -0.25) is 4.79 Å². The normalized spacial score (nSPS) is 12.8. The maximum atomic E-state index is 12.3. The second-order valence-electron chi connectivity index (χ2n) is 5.33. The molecule has 0 radical (unpaired) electrons. The van der Waals surface area contributed by atoms with Crippen molar-refractivity contribution in [2.45, 2.75) is 6.54 Å². The van der Waals surface area contributed by atoms with Gasteiger partial charge in [-0.2, -0.15) is 4.68 Å². The minimum absolute atomic E-state index is 0.0893. The molecule has 9 heteroatoms. The van der Waals surface area contributed by atoms with Crippen molar-refractivity contribution in [3.8, 4) is 17.2 Å². The number of ether oxygens (including phenoxy) is 2. The van der Waals surface area contributed by atoms with E-state index in [9.17, 15) is 4.79 Å². The summed E-state index contributed by atoms with van der Waals surface area (Å²) in [5.41, 5.74) is 6.80. The minimum atomic E-state index is -0.366. The standard InChI is InChI=1S/C16H15N5O3S/c17-15-14(16(22)18-9-11-2-1-7-25-11)19-20-21(15)10-3-4-12-13(8-10)24-6-5-23-12/h1-4,7-8H,5-6,9,17H2,(H,18,22). The van der Waals surface area contributed by atoms with E-state index in [1.165, 1.54) is 4.68 Å². The van der Waals surface area contributed by atoms with Crippen LogP contribution in [0.3, 0.4) is 0 Å². The van der Waals surface area contributed by atoms with Gasteiger partial charge in [-0.05, 0) is 23.6 Å². The van der Waals surface area contributed by atoms with Gasteiger partial charge in [0.15, 0.2) is 23.0 Å². The number of fused-ring (bicyclic) bond motifs is 1. The molecule has 128 valence electrons. The second-order valence-corrected chi connectivity index (χ2v) is 6.36. The SMILES string of the molecule is Nc1c(C(=O)NCc2cccs2)nnn1-c1ccc2c(c1)OCCO2. The molecular formula is C16H15N5O3S. The highest BCUT2D eigenvalue weighted by Gasteiger charge is 2.20. The summed E-state index contributed by atoms with van der Waals surface area (Å²) in [6.07, 6.45) is 0. The van der Waals surface area contributed by atoms with E-state index in [0.29, 0.717) is 36.9 Å². The lowest BCUT2D eigenvalue weighted by Crippen LogP contribution is -2.24. The molecule has 3 heterocycles. The smallest absolute Gasteiger partial charge is 0.276 e. The number of hydrogen-bond donors (Lipinski definition) is 2. The molecule has 0 fully saturated rings. The zero-order valence-corrected chi connectivity index (χ0v) is 14.0. The first-order chi connectivity index (χ1) is 12.2. The zero-order valence-electron chi connectivity index (χ0n) is 13.1. The van der Waals surface area contributed by atoms with E-state index in [-0.39, 0.29) is 17.4 Å². The second kappa shape index (κ2) is 6.44. The number of nitrogens with one attached hydrogen (secondary N) is 1. The van der Waals surface area contributed by atoms with Gasteiger partial charge in [-0.15, -0.1) is 16.4 Å². The quantitative estimate of drug-likeness (QED) is 0.735. The van der Waals surface area contributed by atoms with E-state index in [2.05, 4.69) is 15.6 Å². The number of nitrogens with two attached hydrogens (primary N) is 1. The number of rotatable bonds is 4. The Kier molecular flexibility index (Phi) is 3.98. The molecule has 1 amide bonds.